The Kier molecular flexibility index (Phi) is 4.84. The van der Waals surface area contributed by atoms with Crippen LogP contribution in [0, 0.1) is 18.2 Å². The molecular weight excluding hydrogens is 288 g/mol. The quantitative estimate of drug-likeness (QED) is 0.663. The summed E-state index contributed by atoms with van der Waals surface area (Å²) in [5, 5.41) is 4.48. The van der Waals surface area contributed by atoms with Crippen molar-refractivity contribution in [3.63, 3.8) is 0 Å². The van der Waals surface area contributed by atoms with Crippen LogP contribution in [0.2, 0.25) is 0 Å². The molecule has 0 aliphatic rings. The number of hydrogen-bond donors (Lipinski definition) is 2. The van der Waals surface area contributed by atoms with Crippen LogP contribution < -0.4 is 10.6 Å². The van der Waals surface area contributed by atoms with Crippen molar-refractivity contribution in [2.45, 2.75) is 25.6 Å². The van der Waals surface area contributed by atoms with Crippen LogP contribution in [0.25, 0.3) is 0 Å². The fourth-order valence-electron chi connectivity index (χ4n) is 1.44. The number of carbonyl (C=O) groups is 1. The first-order chi connectivity index (χ1) is 9.54. The number of benzene rings is 1. The molecule has 1 amide bonds. The van der Waals surface area contributed by atoms with Crippen molar-refractivity contribution < 1.29 is 22.4 Å². The van der Waals surface area contributed by atoms with Crippen LogP contribution in [0.3, 0.4) is 0 Å². The summed E-state index contributed by atoms with van der Waals surface area (Å²) in [5.74, 6) is 0.805. The van der Waals surface area contributed by atoms with Gasteiger partial charge in [0.25, 0.3) is 5.91 Å². The largest absolute Gasteiger partial charge is 0.405 e. The van der Waals surface area contributed by atoms with Gasteiger partial charge in [-0.3, -0.25) is 4.79 Å². The monoisotopic (exact) mass is 302 g/mol. The normalized spacial score (nSPS) is 11.7. The number of carbonyl (C=O) groups excluding carboxylic acids is 1. The molecule has 0 fully saturated rings. The maximum Gasteiger partial charge on any atom is 0.405 e. The average molecular weight is 302 g/mol. The van der Waals surface area contributed by atoms with Gasteiger partial charge in [-0.05, 0) is 32.0 Å². The lowest BCUT2D eigenvalue weighted by molar-refractivity contribution is -0.115. The van der Waals surface area contributed by atoms with Crippen LogP contribution in [-0.4, -0.2) is 24.2 Å². The zero-order valence-corrected chi connectivity index (χ0v) is 11.4. The lowest BCUT2D eigenvalue weighted by Gasteiger charge is -2.21. The molecule has 1 aromatic rings. The Morgan fingerprint density at radius 3 is 2.48 bits per heavy atom. The van der Waals surface area contributed by atoms with E-state index >= 15 is 0 Å². The maximum absolute atomic E-state index is 13.2. The number of halogens is 4. The first kappa shape index (κ1) is 16.8. The van der Waals surface area contributed by atoms with Crippen molar-refractivity contribution in [3.05, 3.63) is 29.6 Å². The van der Waals surface area contributed by atoms with E-state index in [-0.39, 0.29) is 11.3 Å². The third-order valence-corrected chi connectivity index (χ3v) is 2.49. The highest BCUT2D eigenvalue weighted by Crippen LogP contribution is 2.21. The van der Waals surface area contributed by atoms with Gasteiger partial charge in [0.15, 0.2) is 0 Å². The molecular formula is C14H14F4N2O. The third kappa shape index (κ3) is 5.34. The van der Waals surface area contributed by atoms with Crippen molar-refractivity contribution in [3.8, 4) is 12.3 Å². The molecule has 0 saturated carbocycles. The molecule has 1 rings (SSSR count). The van der Waals surface area contributed by atoms with Crippen molar-refractivity contribution in [1.29, 1.82) is 0 Å². The minimum absolute atomic E-state index is 0.126. The van der Waals surface area contributed by atoms with E-state index in [9.17, 15) is 22.4 Å². The highest BCUT2D eigenvalue weighted by Gasteiger charge is 2.28. The van der Waals surface area contributed by atoms with Gasteiger partial charge >= 0.3 is 6.18 Å². The van der Waals surface area contributed by atoms with E-state index in [0.717, 1.165) is 18.2 Å². The smallest absolute Gasteiger partial charge is 0.376 e. The second-order valence-electron chi connectivity index (χ2n) is 4.88. The fraction of sp³-hybridized carbons (Fsp3) is 0.357. The van der Waals surface area contributed by atoms with Gasteiger partial charge < -0.3 is 10.6 Å². The zero-order chi connectivity index (χ0) is 16.3. The molecule has 0 aliphatic carbocycles. The molecule has 0 aliphatic heterocycles. The molecule has 21 heavy (non-hydrogen) atoms. The first-order valence-corrected chi connectivity index (χ1v) is 5.94. The fourth-order valence-corrected chi connectivity index (χ4v) is 1.44. The molecule has 7 heteroatoms. The second kappa shape index (κ2) is 6.04. The van der Waals surface area contributed by atoms with Crippen molar-refractivity contribution in [1.82, 2.24) is 5.32 Å². The van der Waals surface area contributed by atoms with E-state index in [1.807, 2.05) is 0 Å². The highest BCUT2D eigenvalue weighted by molar-refractivity contribution is 6.00. The standard InChI is InChI=1S/C14H14F4N2O/c1-4-13(2,3)20-12(21)10-7-9(15)5-6-11(10)19-8-14(16,17)18/h1,5-7,19H,8H2,2-3H3,(H,20,21). The minimum atomic E-state index is -4.46. The van der Waals surface area contributed by atoms with Gasteiger partial charge in [0.1, 0.15) is 12.4 Å². The number of anilines is 1. The average Bonchev–Trinajstić information content (AvgIpc) is 2.35. The summed E-state index contributed by atoms with van der Waals surface area (Å²) in [6.45, 7) is 1.73. The summed E-state index contributed by atoms with van der Waals surface area (Å²) in [5.41, 5.74) is -1.38. The number of hydrogen-bond acceptors (Lipinski definition) is 2. The van der Waals surface area contributed by atoms with E-state index in [1.165, 1.54) is 13.8 Å². The molecule has 0 unspecified atom stereocenters. The number of terminal acetylenes is 1. The Morgan fingerprint density at radius 2 is 1.95 bits per heavy atom. The zero-order valence-electron chi connectivity index (χ0n) is 11.4. The molecule has 0 saturated heterocycles. The van der Waals surface area contributed by atoms with Crippen molar-refractivity contribution in [2.75, 3.05) is 11.9 Å². The van der Waals surface area contributed by atoms with Crippen LogP contribution in [0.1, 0.15) is 24.2 Å². The molecule has 0 heterocycles. The summed E-state index contributed by atoms with van der Waals surface area (Å²) in [4.78, 5) is 12.0. The van der Waals surface area contributed by atoms with E-state index in [0.29, 0.717) is 0 Å². The van der Waals surface area contributed by atoms with Gasteiger partial charge in [0, 0.05) is 5.69 Å². The van der Waals surface area contributed by atoms with Crippen LogP contribution in [0.5, 0.6) is 0 Å². The number of alkyl halides is 3. The first-order valence-electron chi connectivity index (χ1n) is 5.94. The van der Waals surface area contributed by atoms with E-state index in [4.69, 9.17) is 6.42 Å². The SMILES string of the molecule is C#CC(C)(C)NC(=O)c1cc(F)ccc1NCC(F)(F)F. The molecule has 0 bridgehead atoms. The lowest BCUT2D eigenvalue weighted by Crippen LogP contribution is -2.42. The molecule has 1 aromatic carbocycles. The molecule has 0 atom stereocenters. The molecule has 0 radical (unpaired) electrons. The number of nitrogens with one attached hydrogen (secondary N) is 2. The summed E-state index contributed by atoms with van der Waals surface area (Å²) in [7, 11) is 0. The van der Waals surface area contributed by atoms with Crippen molar-refractivity contribution in [2.24, 2.45) is 0 Å². The molecule has 2 N–H and O–H groups in total. The van der Waals surface area contributed by atoms with Crippen LogP contribution in [0.15, 0.2) is 18.2 Å². The van der Waals surface area contributed by atoms with Gasteiger partial charge in [-0.15, -0.1) is 6.42 Å². The Morgan fingerprint density at radius 1 is 1.33 bits per heavy atom. The molecule has 0 aromatic heterocycles. The summed E-state index contributed by atoms with van der Waals surface area (Å²) in [6.07, 6.45) is 0.755. The predicted octanol–water partition coefficient (Wildman–Crippen LogP) is 2.94. The van der Waals surface area contributed by atoms with E-state index in [1.54, 1.807) is 0 Å². The van der Waals surface area contributed by atoms with Crippen LogP contribution in [0.4, 0.5) is 23.2 Å². The van der Waals surface area contributed by atoms with E-state index in [2.05, 4.69) is 16.6 Å². The topological polar surface area (TPSA) is 41.1 Å². The Bertz CT molecular complexity index is 573. The summed E-state index contributed by atoms with van der Waals surface area (Å²) in [6, 6.07) is 2.88. The van der Waals surface area contributed by atoms with E-state index < -0.39 is 30.0 Å². The molecule has 0 spiro atoms. The maximum atomic E-state index is 13.2. The lowest BCUT2D eigenvalue weighted by atomic mass is 10.1. The van der Waals surface area contributed by atoms with Crippen LogP contribution in [-0.2, 0) is 0 Å². The molecule has 3 nitrogen and oxygen atoms in total. The van der Waals surface area contributed by atoms with Crippen LogP contribution >= 0.6 is 0 Å². The third-order valence-electron chi connectivity index (χ3n) is 2.49. The second-order valence-corrected chi connectivity index (χ2v) is 4.88. The van der Waals surface area contributed by atoms with Gasteiger partial charge in [-0.2, -0.15) is 13.2 Å². The Hall–Kier alpha value is -2.23. The Balaban J connectivity index is 3.02. The number of rotatable bonds is 4. The molecule has 114 valence electrons. The van der Waals surface area contributed by atoms with Gasteiger partial charge in [-0.25, -0.2) is 4.39 Å². The van der Waals surface area contributed by atoms with Gasteiger partial charge in [0.2, 0.25) is 0 Å². The minimum Gasteiger partial charge on any atom is -0.376 e. The number of amides is 1. The van der Waals surface area contributed by atoms with Crippen molar-refractivity contribution >= 4 is 11.6 Å². The Labute approximate surface area is 119 Å². The predicted molar refractivity (Wildman–Crippen MR) is 71.3 cm³/mol. The highest BCUT2D eigenvalue weighted by atomic mass is 19.4. The summed E-state index contributed by atoms with van der Waals surface area (Å²) >= 11 is 0. The van der Waals surface area contributed by atoms with Gasteiger partial charge in [0.05, 0.1) is 11.1 Å². The van der Waals surface area contributed by atoms with Gasteiger partial charge in [-0.1, -0.05) is 5.92 Å². The summed E-state index contributed by atoms with van der Waals surface area (Å²) < 4.78 is 49.9.